The Morgan fingerprint density at radius 1 is 1.34 bits per heavy atom. The molecule has 4 rings (SSSR count). The lowest BCUT2D eigenvalue weighted by Gasteiger charge is -2.50. The van der Waals surface area contributed by atoms with Crippen LogP contribution >= 0.6 is 0 Å². The fourth-order valence-corrected chi connectivity index (χ4v) is 4.64. The number of H-pyrrole nitrogens is 1. The molecule has 0 radical (unpaired) electrons. The third-order valence-electron chi connectivity index (χ3n) is 5.98. The van der Waals surface area contributed by atoms with Crippen LogP contribution in [-0.2, 0) is 16.0 Å². The van der Waals surface area contributed by atoms with Gasteiger partial charge in [-0.1, -0.05) is 12.1 Å². The summed E-state index contributed by atoms with van der Waals surface area (Å²) < 4.78 is 5.32. The Labute approximate surface area is 169 Å². The van der Waals surface area contributed by atoms with Crippen molar-refractivity contribution in [3.63, 3.8) is 0 Å². The van der Waals surface area contributed by atoms with Crippen molar-refractivity contribution in [1.29, 1.82) is 0 Å². The number of likely N-dealkylation sites (tertiary alicyclic amines) is 2. The average Bonchev–Trinajstić information content (AvgIpc) is 3.36. The highest BCUT2D eigenvalue weighted by molar-refractivity contribution is 5.85. The van der Waals surface area contributed by atoms with Crippen molar-refractivity contribution in [3.8, 4) is 5.75 Å². The number of hydrogen-bond acceptors (Lipinski definition) is 5. The minimum absolute atomic E-state index is 0.0378. The zero-order valence-corrected chi connectivity index (χ0v) is 16.5. The van der Waals surface area contributed by atoms with Crippen LogP contribution in [0, 0.1) is 5.41 Å². The Kier molecular flexibility index (Phi) is 5.27. The molecule has 0 spiro atoms. The highest BCUT2D eigenvalue weighted by Crippen LogP contribution is 2.39. The first kappa shape index (κ1) is 19.4. The molecular formula is C21H26N4O4. The number of hydrogen-bond donors (Lipinski definition) is 2. The maximum absolute atomic E-state index is 13.5. The summed E-state index contributed by atoms with van der Waals surface area (Å²) in [7, 11) is 1.62. The number of nitrogens with zero attached hydrogens (tertiary/aromatic N) is 3. The van der Waals surface area contributed by atoms with Crippen molar-refractivity contribution in [2.45, 2.75) is 18.8 Å². The van der Waals surface area contributed by atoms with Gasteiger partial charge < -0.3 is 14.7 Å². The van der Waals surface area contributed by atoms with Crippen molar-refractivity contribution in [2.75, 3.05) is 39.8 Å². The normalized spacial score (nSPS) is 21.0. The standard InChI is InChI=1S/C21H26N4O4/c1-29-17-4-2-3-15(9-17)10-21(13-24(14-21)12-19(26)27)20(28)25-8-6-16(11-25)18-5-7-22-23-18/h2-5,7,9,16H,6,8,10-14H2,1H3,(H,22,23)(H,26,27). The predicted molar refractivity (Wildman–Crippen MR) is 106 cm³/mol. The smallest absolute Gasteiger partial charge is 0.317 e. The van der Waals surface area contributed by atoms with E-state index < -0.39 is 11.4 Å². The largest absolute Gasteiger partial charge is 0.497 e. The molecular weight excluding hydrogens is 372 g/mol. The van der Waals surface area contributed by atoms with E-state index in [-0.39, 0.29) is 18.4 Å². The molecule has 1 atom stereocenters. The van der Waals surface area contributed by atoms with E-state index in [4.69, 9.17) is 9.84 Å². The zero-order chi connectivity index (χ0) is 20.4. The summed E-state index contributed by atoms with van der Waals surface area (Å²) in [6.07, 6.45) is 3.21. The lowest BCUT2D eigenvalue weighted by Crippen LogP contribution is -2.65. The molecule has 2 aliphatic rings. The van der Waals surface area contributed by atoms with Crippen LogP contribution in [0.2, 0.25) is 0 Å². The van der Waals surface area contributed by atoms with Gasteiger partial charge in [-0.2, -0.15) is 5.10 Å². The molecule has 8 nitrogen and oxygen atoms in total. The van der Waals surface area contributed by atoms with Crippen LogP contribution in [0.25, 0.3) is 0 Å². The van der Waals surface area contributed by atoms with Gasteiger partial charge in [0.2, 0.25) is 5.91 Å². The maximum Gasteiger partial charge on any atom is 0.317 e. The fraction of sp³-hybridized carbons (Fsp3) is 0.476. The van der Waals surface area contributed by atoms with E-state index in [1.807, 2.05) is 40.1 Å². The molecule has 2 N–H and O–H groups in total. The highest BCUT2D eigenvalue weighted by Gasteiger charge is 2.52. The molecule has 2 aromatic rings. The molecule has 29 heavy (non-hydrogen) atoms. The van der Waals surface area contributed by atoms with Crippen molar-refractivity contribution in [3.05, 3.63) is 47.8 Å². The Morgan fingerprint density at radius 3 is 2.86 bits per heavy atom. The van der Waals surface area contributed by atoms with E-state index >= 15 is 0 Å². The molecule has 1 aromatic carbocycles. The number of nitrogens with one attached hydrogen (secondary N) is 1. The summed E-state index contributed by atoms with van der Waals surface area (Å²) in [6, 6.07) is 9.71. The molecule has 2 fully saturated rings. The Balaban J connectivity index is 1.51. The highest BCUT2D eigenvalue weighted by atomic mass is 16.5. The molecule has 0 saturated carbocycles. The van der Waals surface area contributed by atoms with Crippen LogP contribution in [0.1, 0.15) is 23.6 Å². The first-order valence-corrected chi connectivity index (χ1v) is 9.85. The van der Waals surface area contributed by atoms with Crippen LogP contribution in [0.4, 0.5) is 0 Å². The van der Waals surface area contributed by atoms with Gasteiger partial charge in [-0.25, -0.2) is 0 Å². The number of aromatic nitrogens is 2. The summed E-state index contributed by atoms with van der Waals surface area (Å²) in [4.78, 5) is 28.4. The maximum atomic E-state index is 13.5. The van der Waals surface area contributed by atoms with E-state index in [0.717, 1.165) is 23.4 Å². The van der Waals surface area contributed by atoms with E-state index in [9.17, 15) is 9.59 Å². The lowest BCUT2D eigenvalue weighted by molar-refractivity contribution is -0.157. The predicted octanol–water partition coefficient (Wildman–Crippen LogP) is 1.36. The Bertz CT molecular complexity index is 877. The fourth-order valence-electron chi connectivity index (χ4n) is 4.64. The van der Waals surface area contributed by atoms with Gasteiger partial charge in [-0.15, -0.1) is 0 Å². The van der Waals surface area contributed by atoms with Gasteiger partial charge in [0.1, 0.15) is 5.75 Å². The van der Waals surface area contributed by atoms with E-state index in [0.29, 0.717) is 32.6 Å². The number of aliphatic carboxylic acids is 1. The minimum Gasteiger partial charge on any atom is -0.497 e. The number of amides is 1. The number of carbonyl (C=O) groups excluding carboxylic acids is 1. The van der Waals surface area contributed by atoms with Crippen molar-refractivity contribution >= 4 is 11.9 Å². The number of ether oxygens (including phenoxy) is 1. The zero-order valence-electron chi connectivity index (χ0n) is 16.5. The third kappa shape index (κ3) is 3.98. The Morgan fingerprint density at radius 2 is 2.17 bits per heavy atom. The van der Waals surface area contributed by atoms with Gasteiger partial charge in [-0.05, 0) is 36.6 Å². The van der Waals surface area contributed by atoms with Gasteiger partial charge in [-0.3, -0.25) is 19.6 Å². The van der Waals surface area contributed by atoms with Gasteiger partial charge >= 0.3 is 5.97 Å². The number of methoxy groups -OCH3 is 1. The number of carboxylic acid groups (broad SMARTS) is 1. The lowest BCUT2D eigenvalue weighted by atomic mass is 9.73. The molecule has 154 valence electrons. The van der Waals surface area contributed by atoms with E-state index in [2.05, 4.69) is 10.2 Å². The van der Waals surface area contributed by atoms with Crippen LogP contribution in [0.5, 0.6) is 5.75 Å². The van der Waals surface area contributed by atoms with Gasteiger partial charge in [0.05, 0.1) is 19.1 Å². The molecule has 2 saturated heterocycles. The molecule has 0 bridgehead atoms. The number of benzene rings is 1. The van der Waals surface area contributed by atoms with E-state index in [1.54, 1.807) is 13.3 Å². The number of rotatable bonds is 7. The molecule has 1 unspecified atom stereocenters. The van der Waals surface area contributed by atoms with Crippen LogP contribution in [0.3, 0.4) is 0 Å². The van der Waals surface area contributed by atoms with Crippen LogP contribution in [0.15, 0.2) is 36.5 Å². The average molecular weight is 398 g/mol. The molecule has 1 amide bonds. The first-order valence-electron chi connectivity index (χ1n) is 9.85. The van der Waals surface area contributed by atoms with Crippen molar-refractivity contribution in [1.82, 2.24) is 20.0 Å². The molecule has 0 aliphatic carbocycles. The van der Waals surface area contributed by atoms with Crippen molar-refractivity contribution in [2.24, 2.45) is 5.41 Å². The van der Waals surface area contributed by atoms with Gasteiger partial charge in [0.15, 0.2) is 0 Å². The number of carboxylic acids is 1. The third-order valence-corrected chi connectivity index (χ3v) is 5.98. The Hall–Kier alpha value is -2.87. The summed E-state index contributed by atoms with van der Waals surface area (Å²) in [6.45, 7) is 2.26. The number of aromatic amines is 1. The second-order valence-corrected chi connectivity index (χ2v) is 8.10. The van der Waals surface area contributed by atoms with Crippen LogP contribution in [-0.4, -0.2) is 76.8 Å². The monoisotopic (exact) mass is 398 g/mol. The SMILES string of the molecule is COc1cccc(CC2(C(=O)N3CCC(c4ccn[nH]4)C3)CN(CC(=O)O)C2)c1. The molecule has 1 aromatic heterocycles. The number of carbonyl (C=O) groups is 2. The quantitative estimate of drug-likeness (QED) is 0.731. The van der Waals surface area contributed by atoms with Crippen LogP contribution < -0.4 is 4.74 Å². The second-order valence-electron chi connectivity index (χ2n) is 8.10. The summed E-state index contributed by atoms with van der Waals surface area (Å²) >= 11 is 0. The van der Waals surface area contributed by atoms with Crippen molar-refractivity contribution < 1.29 is 19.4 Å². The molecule has 2 aliphatic heterocycles. The van der Waals surface area contributed by atoms with Gasteiger partial charge in [0, 0.05) is 44.0 Å². The van der Waals surface area contributed by atoms with Gasteiger partial charge in [0.25, 0.3) is 0 Å². The topological polar surface area (TPSA) is 98.8 Å². The summed E-state index contributed by atoms with van der Waals surface area (Å²) in [5.41, 5.74) is 1.49. The molecule has 8 heteroatoms. The summed E-state index contributed by atoms with van der Waals surface area (Å²) in [5, 5.41) is 16.1. The first-order chi connectivity index (χ1) is 14.0. The molecule has 3 heterocycles. The minimum atomic E-state index is -0.868. The van der Waals surface area contributed by atoms with E-state index in [1.165, 1.54) is 0 Å². The second kappa shape index (κ2) is 7.87. The summed E-state index contributed by atoms with van der Waals surface area (Å²) in [5.74, 6) is 0.273.